The maximum atomic E-state index is 12.0. The Morgan fingerprint density at radius 3 is 2.42 bits per heavy atom. The summed E-state index contributed by atoms with van der Waals surface area (Å²) in [6.07, 6.45) is 0.371. The molecule has 0 unspecified atom stereocenters. The van der Waals surface area contributed by atoms with Gasteiger partial charge in [0.05, 0.1) is 11.8 Å². The van der Waals surface area contributed by atoms with Gasteiger partial charge in [-0.1, -0.05) is 44.2 Å². The minimum absolute atomic E-state index is 0.240. The van der Waals surface area contributed by atoms with Crippen LogP contribution in [0.4, 0.5) is 0 Å². The molecule has 0 bridgehead atoms. The molecule has 0 aromatic heterocycles. The van der Waals surface area contributed by atoms with Gasteiger partial charge in [-0.05, 0) is 17.4 Å². The fourth-order valence-electron chi connectivity index (χ4n) is 2.57. The van der Waals surface area contributed by atoms with Gasteiger partial charge in [0.2, 0.25) is 0 Å². The fraction of sp³-hybridized carbons (Fsp3) is 0.467. The third-order valence-corrected chi connectivity index (χ3v) is 4.07. The topological polar surface area (TPSA) is 63.6 Å². The molecule has 1 aliphatic carbocycles. The molecule has 1 aromatic rings. The lowest BCUT2D eigenvalue weighted by Crippen LogP contribution is -2.52. The second-order valence-electron chi connectivity index (χ2n) is 5.59. The second-order valence-corrected chi connectivity index (χ2v) is 5.59. The molecule has 19 heavy (non-hydrogen) atoms. The second kappa shape index (κ2) is 5.03. The van der Waals surface area contributed by atoms with Crippen molar-refractivity contribution in [2.75, 3.05) is 0 Å². The molecule has 0 radical (unpaired) electrons. The predicted octanol–water partition coefficient (Wildman–Crippen LogP) is 2.48. The van der Waals surface area contributed by atoms with Crippen molar-refractivity contribution in [3.8, 4) is 0 Å². The number of rotatable bonds is 4. The molecule has 2 atom stereocenters. The maximum absolute atomic E-state index is 12.0. The molecule has 1 aliphatic rings. The van der Waals surface area contributed by atoms with Gasteiger partial charge in [0, 0.05) is 0 Å². The van der Waals surface area contributed by atoms with Crippen LogP contribution in [-0.4, -0.2) is 17.0 Å². The number of carbonyl (C=O) groups is 2. The number of ether oxygens (including phenoxy) is 1. The van der Waals surface area contributed by atoms with Crippen LogP contribution in [0.5, 0.6) is 0 Å². The number of carboxylic acids is 1. The van der Waals surface area contributed by atoms with E-state index in [-0.39, 0.29) is 18.5 Å². The summed E-state index contributed by atoms with van der Waals surface area (Å²) in [5.74, 6) is -1.91. The number of carboxylic acid groups (broad SMARTS) is 1. The molecule has 0 saturated heterocycles. The van der Waals surface area contributed by atoms with E-state index in [1.54, 1.807) is 0 Å². The summed E-state index contributed by atoms with van der Waals surface area (Å²) in [7, 11) is 0. The summed E-state index contributed by atoms with van der Waals surface area (Å²) < 4.78 is 5.26. The first-order valence-corrected chi connectivity index (χ1v) is 6.36. The van der Waals surface area contributed by atoms with Crippen LogP contribution in [0.2, 0.25) is 0 Å². The van der Waals surface area contributed by atoms with Gasteiger partial charge < -0.3 is 9.84 Å². The molecule has 0 aliphatic heterocycles. The van der Waals surface area contributed by atoms with Crippen LogP contribution in [0.3, 0.4) is 0 Å². The lowest BCUT2D eigenvalue weighted by atomic mass is 9.55. The molecular weight excluding hydrogens is 244 g/mol. The van der Waals surface area contributed by atoms with Crippen LogP contribution in [-0.2, 0) is 20.9 Å². The number of hydrogen-bond donors (Lipinski definition) is 1. The average Bonchev–Trinajstić information content (AvgIpc) is 2.36. The van der Waals surface area contributed by atoms with Crippen LogP contribution in [0, 0.1) is 17.3 Å². The third kappa shape index (κ3) is 2.62. The van der Waals surface area contributed by atoms with E-state index in [9.17, 15) is 9.59 Å². The van der Waals surface area contributed by atoms with Gasteiger partial charge in [0.25, 0.3) is 0 Å². The standard InChI is InChI=1S/C15H18O4/c1-15(2)11(13(16)17)8-12(15)14(18)19-9-10-6-4-3-5-7-10/h3-7,11-12H,8-9H2,1-2H3,(H,16,17)/t11-,12+/m0/s1. The van der Waals surface area contributed by atoms with Gasteiger partial charge in [-0.25, -0.2) is 0 Å². The van der Waals surface area contributed by atoms with Crippen LogP contribution >= 0.6 is 0 Å². The highest BCUT2D eigenvalue weighted by molar-refractivity contribution is 5.81. The minimum atomic E-state index is -0.836. The monoisotopic (exact) mass is 262 g/mol. The van der Waals surface area contributed by atoms with Gasteiger partial charge in [0.15, 0.2) is 0 Å². The highest BCUT2D eigenvalue weighted by Gasteiger charge is 2.55. The molecule has 0 spiro atoms. The first-order chi connectivity index (χ1) is 8.93. The Morgan fingerprint density at radius 1 is 1.26 bits per heavy atom. The number of hydrogen-bond acceptors (Lipinski definition) is 3. The van der Waals surface area contributed by atoms with Crippen LogP contribution in [0.15, 0.2) is 30.3 Å². The largest absolute Gasteiger partial charge is 0.481 e. The van der Waals surface area contributed by atoms with Crippen molar-refractivity contribution in [2.24, 2.45) is 17.3 Å². The van der Waals surface area contributed by atoms with Crippen molar-refractivity contribution in [2.45, 2.75) is 26.9 Å². The lowest BCUT2D eigenvalue weighted by molar-refractivity contribution is -0.176. The molecule has 4 heteroatoms. The van der Waals surface area contributed by atoms with Gasteiger partial charge in [-0.2, -0.15) is 0 Å². The summed E-state index contributed by atoms with van der Waals surface area (Å²) in [6.45, 7) is 3.86. The normalized spacial score (nSPS) is 24.3. The summed E-state index contributed by atoms with van der Waals surface area (Å²) >= 11 is 0. The number of benzene rings is 1. The Hall–Kier alpha value is -1.84. The van der Waals surface area contributed by atoms with Crippen molar-refractivity contribution in [1.82, 2.24) is 0 Å². The summed E-state index contributed by atoms with van der Waals surface area (Å²) in [5.41, 5.74) is 0.405. The van der Waals surface area contributed by atoms with Crippen LogP contribution in [0.1, 0.15) is 25.8 Å². The third-order valence-electron chi connectivity index (χ3n) is 4.07. The van der Waals surface area contributed by atoms with Gasteiger partial charge in [0.1, 0.15) is 6.61 Å². The zero-order chi connectivity index (χ0) is 14.0. The maximum Gasteiger partial charge on any atom is 0.309 e. The van der Waals surface area contributed by atoms with E-state index in [0.717, 1.165) is 5.56 Å². The number of aliphatic carboxylic acids is 1. The molecule has 0 amide bonds. The summed E-state index contributed by atoms with van der Waals surface area (Å²) in [4.78, 5) is 23.0. The average molecular weight is 262 g/mol. The fourth-order valence-corrected chi connectivity index (χ4v) is 2.57. The molecule has 102 valence electrons. The van der Waals surface area contributed by atoms with Crippen molar-refractivity contribution >= 4 is 11.9 Å². The van der Waals surface area contributed by atoms with E-state index in [2.05, 4.69) is 0 Å². The van der Waals surface area contributed by atoms with Gasteiger partial charge in [-0.3, -0.25) is 9.59 Å². The van der Waals surface area contributed by atoms with Crippen molar-refractivity contribution in [1.29, 1.82) is 0 Å². The van der Waals surface area contributed by atoms with E-state index in [1.165, 1.54) is 0 Å². The van der Waals surface area contributed by atoms with Gasteiger partial charge in [-0.15, -0.1) is 0 Å². The highest BCUT2D eigenvalue weighted by Crippen LogP contribution is 2.51. The minimum Gasteiger partial charge on any atom is -0.481 e. The van der Waals surface area contributed by atoms with E-state index in [4.69, 9.17) is 9.84 Å². The lowest BCUT2D eigenvalue weighted by Gasteiger charge is -2.48. The van der Waals surface area contributed by atoms with Gasteiger partial charge >= 0.3 is 11.9 Å². The Bertz CT molecular complexity index is 478. The quantitative estimate of drug-likeness (QED) is 0.847. The summed E-state index contributed by atoms with van der Waals surface area (Å²) in [5, 5.41) is 9.02. The molecule has 1 saturated carbocycles. The van der Waals surface area contributed by atoms with Crippen molar-refractivity contribution in [3.63, 3.8) is 0 Å². The zero-order valence-electron chi connectivity index (χ0n) is 11.1. The Balaban J connectivity index is 1.90. The van der Waals surface area contributed by atoms with E-state index >= 15 is 0 Å². The Morgan fingerprint density at radius 2 is 1.89 bits per heavy atom. The molecule has 1 aromatic carbocycles. The Labute approximate surface area is 112 Å². The van der Waals surface area contributed by atoms with Crippen LogP contribution in [0.25, 0.3) is 0 Å². The van der Waals surface area contributed by atoms with Crippen molar-refractivity contribution < 1.29 is 19.4 Å². The highest BCUT2D eigenvalue weighted by atomic mass is 16.5. The molecule has 4 nitrogen and oxygen atoms in total. The molecule has 0 heterocycles. The first kappa shape index (κ1) is 13.6. The molecule has 2 rings (SSSR count). The smallest absolute Gasteiger partial charge is 0.309 e. The predicted molar refractivity (Wildman–Crippen MR) is 69.3 cm³/mol. The molecular formula is C15H18O4. The van der Waals surface area contributed by atoms with E-state index < -0.39 is 17.3 Å². The number of esters is 1. The van der Waals surface area contributed by atoms with E-state index in [0.29, 0.717) is 6.42 Å². The zero-order valence-corrected chi connectivity index (χ0v) is 11.1. The Kier molecular flexibility index (Phi) is 3.60. The number of carbonyl (C=O) groups excluding carboxylic acids is 1. The first-order valence-electron chi connectivity index (χ1n) is 6.36. The van der Waals surface area contributed by atoms with E-state index in [1.807, 2.05) is 44.2 Å². The SMILES string of the molecule is CC1(C)[C@@H](C(=O)OCc2ccccc2)C[C@H]1C(=O)O. The molecule has 1 fully saturated rings. The van der Waals surface area contributed by atoms with Crippen LogP contribution < -0.4 is 0 Å². The summed E-state index contributed by atoms with van der Waals surface area (Å²) in [6, 6.07) is 9.45. The molecule has 1 N–H and O–H groups in total. The van der Waals surface area contributed by atoms with Crippen molar-refractivity contribution in [3.05, 3.63) is 35.9 Å².